The van der Waals surface area contributed by atoms with Crippen LogP contribution < -0.4 is 22.2 Å². The number of ketones is 3. The number of allylic oxidation sites excluding steroid dienone is 2. The summed E-state index contributed by atoms with van der Waals surface area (Å²) < 4.78 is 1.68. The normalized spacial score (nSPS) is 11.5. The molecule has 0 unspecified atom stereocenters. The first-order valence-electron chi connectivity index (χ1n) is 18.1. The molecule has 0 radical (unpaired) electrons. The topological polar surface area (TPSA) is 167 Å². The Labute approximate surface area is 333 Å². The van der Waals surface area contributed by atoms with Crippen molar-refractivity contribution in [3.05, 3.63) is 232 Å². The van der Waals surface area contributed by atoms with Crippen LogP contribution in [-0.2, 0) is 0 Å². The summed E-state index contributed by atoms with van der Waals surface area (Å²) in [7, 11) is 0. The summed E-state index contributed by atoms with van der Waals surface area (Å²) in [6, 6.07) is 35.6. The Morgan fingerprint density at radius 1 is 0.441 bits per heavy atom. The molecule has 59 heavy (non-hydrogen) atoms. The third kappa shape index (κ3) is 6.89. The Hall–Kier alpha value is -8.44. The molecule has 0 amide bonds. The smallest absolute Gasteiger partial charge is 0.335 e. The van der Waals surface area contributed by atoms with Crippen LogP contribution in [0.15, 0.2) is 171 Å². The van der Waals surface area contributed by atoms with Gasteiger partial charge in [-0.2, -0.15) is 0 Å². The van der Waals surface area contributed by atoms with Gasteiger partial charge in [-0.15, -0.1) is 0 Å². The molecule has 2 heterocycles. The number of hydrogen-bond donors (Lipinski definition) is 1. The summed E-state index contributed by atoms with van der Waals surface area (Å²) in [5.41, 5.74) is -1.75. The van der Waals surface area contributed by atoms with Gasteiger partial charge in [0.1, 0.15) is 0 Å². The Morgan fingerprint density at radius 2 is 0.831 bits per heavy atom. The van der Waals surface area contributed by atoms with Crippen LogP contribution in [0.3, 0.4) is 0 Å². The van der Waals surface area contributed by atoms with Gasteiger partial charge in [0.05, 0.1) is 38.5 Å². The van der Waals surface area contributed by atoms with Crippen LogP contribution in [-0.4, -0.2) is 37.6 Å². The van der Waals surface area contributed by atoms with Crippen molar-refractivity contribution < 1.29 is 24.3 Å². The van der Waals surface area contributed by atoms with E-state index in [-0.39, 0.29) is 55.6 Å². The van der Waals surface area contributed by atoms with Crippen LogP contribution in [0.1, 0.15) is 58.1 Å². The van der Waals surface area contributed by atoms with Gasteiger partial charge < -0.3 is 5.11 Å². The van der Waals surface area contributed by atoms with Crippen LogP contribution in [0.4, 0.5) is 0 Å². The summed E-state index contributed by atoms with van der Waals surface area (Å²) in [6.45, 7) is 0. The van der Waals surface area contributed by atoms with E-state index in [9.17, 15) is 43.5 Å². The van der Waals surface area contributed by atoms with Crippen molar-refractivity contribution in [3.8, 4) is 11.4 Å². The first-order chi connectivity index (χ1) is 28.5. The number of rotatable bonds is 11. The van der Waals surface area contributed by atoms with Gasteiger partial charge in [0.25, 0.3) is 22.2 Å². The predicted molar refractivity (Wildman–Crippen MR) is 224 cm³/mol. The fourth-order valence-electron chi connectivity index (χ4n) is 6.93. The van der Waals surface area contributed by atoms with Crippen LogP contribution in [0.5, 0.6) is 0 Å². The SMILES string of the molecule is O=C(O)c1ccc(C(=O)c2c3c(=O)n(-c4ccc(/C=C/C(=O)c5ccccc5)cc4)c(=O)c3cc3c(=O)n(-c4ccc(/C=C/C(=O)c5ccccc5)cc4)c(=O)c23)cc1. The molecule has 8 rings (SSSR count). The molecule has 1 N–H and O–H groups in total. The Morgan fingerprint density at radius 3 is 1.22 bits per heavy atom. The molecule has 0 bridgehead atoms. The molecule has 284 valence electrons. The van der Waals surface area contributed by atoms with E-state index in [4.69, 9.17) is 0 Å². The molecule has 0 atom stereocenters. The standard InChI is InChI=1S/C48H28N2O9/c51-38(30-7-3-1-4-8-30)25-15-28-11-21-34(22-12-28)49-44(54)36-27-37-41(42(40(36)46(49)56)43(53)32-17-19-33(20-18-32)48(58)59)47(57)50(45(37)55)35-23-13-29(14-24-35)16-26-39(52)31-9-5-2-6-10-31/h1-27H,(H,58,59)/b25-15+,26-16+. The van der Waals surface area contributed by atoms with E-state index in [1.54, 1.807) is 97.1 Å². The number of carboxylic acids is 1. The van der Waals surface area contributed by atoms with Crippen molar-refractivity contribution in [2.75, 3.05) is 0 Å². The molecule has 0 spiro atoms. The van der Waals surface area contributed by atoms with Gasteiger partial charge >= 0.3 is 5.97 Å². The number of hydrogen-bond acceptors (Lipinski definition) is 8. The third-order valence-corrected chi connectivity index (χ3v) is 9.92. The van der Waals surface area contributed by atoms with E-state index in [0.717, 1.165) is 15.2 Å². The van der Waals surface area contributed by atoms with E-state index >= 15 is 0 Å². The average Bonchev–Trinajstić information content (AvgIpc) is 3.67. The monoisotopic (exact) mass is 776 g/mol. The van der Waals surface area contributed by atoms with Crippen LogP contribution in [0.2, 0.25) is 0 Å². The van der Waals surface area contributed by atoms with Crippen molar-refractivity contribution in [2.24, 2.45) is 0 Å². The van der Waals surface area contributed by atoms with Gasteiger partial charge in [0.2, 0.25) is 0 Å². The van der Waals surface area contributed by atoms with Gasteiger partial charge in [-0.1, -0.05) is 109 Å². The fourth-order valence-corrected chi connectivity index (χ4v) is 6.93. The molecule has 2 aromatic heterocycles. The highest BCUT2D eigenvalue weighted by Gasteiger charge is 2.29. The number of carboxylic acid groups (broad SMARTS) is 1. The first kappa shape index (κ1) is 37.5. The highest BCUT2D eigenvalue weighted by atomic mass is 16.4. The van der Waals surface area contributed by atoms with Gasteiger partial charge in [-0.05, 0) is 65.7 Å². The zero-order valence-corrected chi connectivity index (χ0v) is 30.7. The molecule has 6 aromatic carbocycles. The lowest BCUT2D eigenvalue weighted by molar-refractivity contribution is 0.0696. The molecule has 0 saturated heterocycles. The third-order valence-electron chi connectivity index (χ3n) is 9.92. The number of benzene rings is 6. The van der Waals surface area contributed by atoms with Crippen molar-refractivity contribution in [3.63, 3.8) is 0 Å². The fraction of sp³-hybridized carbons (Fsp3) is 0. The highest BCUT2D eigenvalue weighted by molar-refractivity contribution is 6.24. The number of nitrogens with zero attached hydrogens (tertiary/aromatic N) is 2. The van der Waals surface area contributed by atoms with Crippen LogP contribution in [0, 0.1) is 0 Å². The average molecular weight is 777 g/mol. The van der Waals surface area contributed by atoms with Crippen molar-refractivity contribution in [1.29, 1.82) is 0 Å². The number of aromatic carboxylic acids is 1. The minimum Gasteiger partial charge on any atom is -0.478 e. The van der Waals surface area contributed by atoms with Crippen LogP contribution >= 0.6 is 0 Å². The second-order valence-electron chi connectivity index (χ2n) is 13.5. The number of carbonyl (C=O) groups excluding carboxylic acids is 3. The molecule has 0 aliphatic carbocycles. The zero-order valence-electron chi connectivity index (χ0n) is 30.7. The zero-order chi connectivity index (χ0) is 41.4. The van der Waals surface area contributed by atoms with E-state index in [1.807, 2.05) is 0 Å². The maximum Gasteiger partial charge on any atom is 0.335 e. The van der Waals surface area contributed by atoms with E-state index in [2.05, 4.69) is 0 Å². The van der Waals surface area contributed by atoms with Crippen molar-refractivity contribution in [1.82, 2.24) is 9.13 Å². The molecule has 0 saturated carbocycles. The Balaban J connectivity index is 1.24. The van der Waals surface area contributed by atoms with Gasteiger partial charge in [0, 0.05) is 22.3 Å². The van der Waals surface area contributed by atoms with Gasteiger partial charge in [-0.25, -0.2) is 13.9 Å². The largest absolute Gasteiger partial charge is 0.478 e. The molecule has 0 fully saturated rings. The van der Waals surface area contributed by atoms with Crippen LogP contribution in [0.25, 0.3) is 45.1 Å². The Kier molecular flexibility index (Phi) is 9.68. The quantitative estimate of drug-likeness (QED) is 0.112. The second kappa shape index (κ2) is 15.2. The molecule has 8 aromatic rings. The predicted octanol–water partition coefficient (Wildman–Crippen LogP) is 6.61. The minimum absolute atomic E-state index is 0.0922. The summed E-state index contributed by atoms with van der Waals surface area (Å²) >= 11 is 0. The van der Waals surface area contributed by atoms with Crippen molar-refractivity contribution in [2.45, 2.75) is 0 Å². The van der Waals surface area contributed by atoms with E-state index < -0.39 is 39.6 Å². The van der Waals surface area contributed by atoms with E-state index in [1.165, 1.54) is 60.7 Å². The minimum atomic E-state index is -1.24. The van der Waals surface area contributed by atoms with Gasteiger partial charge in [0.15, 0.2) is 17.3 Å². The second-order valence-corrected chi connectivity index (χ2v) is 13.5. The summed E-state index contributed by atoms with van der Waals surface area (Å²) in [5, 5.41) is 8.11. The van der Waals surface area contributed by atoms with Gasteiger partial charge in [-0.3, -0.25) is 33.6 Å². The summed E-state index contributed by atoms with van der Waals surface area (Å²) in [5.74, 6) is -2.57. The lowest BCUT2D eigenvalue weighted by Crippen LogP contribution is -2.24. The molecule has 0 aliphatic rings. The molecule has 11 heteroatoms. The molecule has 11 nitrogen and oxygen atoms in total. The molecular weight excluding hydrogens is 749 g/mol. The maximum absolute atomic E-state index is 14.4. The number of fused-ring (bicyclic) bond motifs is 2. The summed E-state index contributed by atoms with van der Waals surface area (Å²) in [4.78, 5) is 108. The maximum atomic E-state index is 14.4. The summed E-state index contributed by atoms with van der Waals surface area (Å²) in [6.07, 6.45) is 5.96. The molecular formula is C48H28N2O9. The Bertz CT molecular complexity index is 3090. The highest BCUT2D eigenvalue weighted by Crippen LogP contribution is 2.27. The number of carbonyl (C=O) groups is 4. The van der Waals surface area contributed by atoms with E-state index in [0.29, 0.717) is 22.3 Å². The molecule has 0 aliphatic heterocycles. The lowest BCUT2D eigenvalue weighted by atomic mass is 9.94. The first-order valence-corrected chi connectivity index (χ1v) is 18.1. The number of aromatic nitrogens is 2. The van der Waals surface area contributed by atoms with Crippen molar-refractivity contribution >= 4 is 57.0 Å². The lowest BCUT2D eigenvalue weighted by Gasteiger charge is -2.05.